The highest BCUT2D eigenvalue weighted by Crippen LogP contribution is 2.43. The summed E-state index contributed by atoms with van der Waals surface area (Å²) in [6.45, 7) is 6.51. The van der Waals surface area contributed by atoms with Crippen LogP contribution in [-0.4, -0.2) is 40.0 Å². The van der Waals surface area contributed by atoms with E-state index in [-0.39, 0.29) is 30.1 Å². The molecule has 0 unspecified atom stereocenters. The molecule has 0 bridgehead atoms. The fourth-order valence-electron chi connectivity index (χ4n) is 4.51. The van der Waals surface area contributed by atoms with Crippen LogP contribution < -0.4 is 14.8 Å². The predicted octanol–water partition coefficient (Wildman–Crippen LogP) is 3.58. The van der Waals surface area contributed by atoms with E-state index in [2.05, 4.69) is 36.9 Å². The molecule has 35 heavy (non-hydrogen) atoms. The first kappa shape index (κ1) is 24.9. The van der Waals surface area contributed by atoms with E-state index < -0.39 is 10.0 Å². The van der Waals surface area contributed by atoms with Crippen LogP contribution in [-0.2, 0) is 31.4 Å². The van der Waals surface area contributed by atoms with Crippen molar-refractivity contribution in [3.8, 4) is 16.9 Å². The van der Waals surface area contributed by atoms with Gasteiger partial charge in [0.1, 0.15) is 5.75 Å². The summed E-state index contributed by atoms with van der Waals surface area (Å²) in [5.74, 6) is 0.209. The zero-order valence-electron chi connectivity index (χ0n) is 20.6. The summed E-state index contributed by atoms with van der Waals surface area (Å²) in [5, 5.41) is 2.66. The van der Waals surface area contributed by atoms with Gasteiger partial charge in [-0.3, -0.25) is 9.59 Å². The van der Waals surface area contributed by atoms with Gasteiger partial charge in [-0.15, -0.1) is 0 Å². The number of benzene rings is 2. The summed E-state index contributed by atoms with van der Waals surface area (Å²) in [6.07, 6.45) is 5.20. The maximum atomic E-state index is 12.7. The van der Waals surface area contributed by atoms with Crippen LogP contribution in [0.1, 0.15) is 49.4 Å². The van der Waals surface area contributed by atoms with Gasteiger partial charge in [-0.1, -0.05) is 45.0 Å². The zero-order chi connectivity index (χ0) is 25.5. The summed E-state index contributed by atoms with van der Waals surface area (Å²) >= 11 is 0. The van der Waals surface area contributed by atoms with Crippen molar-refractivity contribution < 1.29 is 22.7 Å². The van der Waals surface area contributed by atoms with Crippen LogP contribution in [0.5, 0.6) is 5.75 Å². The van der Waals surface area contributed by atoms with Crippen LogP contribution in [0.2, 0.25) is 0 Å². The molecule has 2 aliphatic rings. The Labute approximate surface area is 206 Å². The lowest BCUT2D eigenvalue weighted by Crippen LogP contribution is -2.27. The van der Waals surface area contributed by atoms with Gasteiger partial charge >= 0.3 is 0 Å². The Balaban J connectivity index is 1.81. The minimum atomic E-state index is -3.28. The number of ether oxygens (including phenoxy) is 1. The molecular formula is C27H30N2O5S. The second kappa shape index (κ2) is 9.09. The van der Waals surface area contributed by atoms with Gasteiger partial charge in [-0.05, 0) is 51.8 Å². The van der Waals surface area contributed by atoms with E-state index in [9.17, 15) is 18.0 Å². The molecule has 1 aliphatic carbocycles. The number of sulfonamides is 1. The number of carbonyl (C=O) groups is 2. The molecule has 0 aromatic heterocycles. The van der Waals surface area contributed by atoms with E-state index >= 15 is 0 Å². The average molecular weight is 495 g/mol. The molecule has 2 aromatic rings. The fraction of sp³-hybridized carbons (Fsp3) is 0.333. The summed E-state index contributed by atoms with van der Waals surface area (Å²) in [5.41, 5.74) is 6.74. The lowest BCUT2D eigenvalue weighted by molar-refractivity contribution is -0.125. The van der Waals surface area contributed by atoms with Crippen LogP contribution >= 0.6 is 0 Å². The Hall–Kier alpha value is -3.23. The van der Waals surface area contributed by atoms with Crippen LogP contribution in [0.25, 0.3) is 22.3 Å². The number of amides is 1. The number of hydrogen-bond acceptors (Lipinski definition) is 5. The van der Waals surface area contributed by atoms with Crippen molar-refractivity contribution in [1.29, 1.82) is 0 Å². The van der Waals surface area contributed by atoms with Gasteiger partial charge in [0, 0.05) is 29.4 Å². The average Bonchev–Trinajstić information content (AvgIpc) is 3.18. The van der Waals surface area contributed by atoms with Crippen molar-refractivity contribution in [2.45, 2.75) is 39.0 Å². The normalized spacial score (nSPS) is 15.9. The molecule has 0 spiro atoms. The smallest absolute Gasteiger partial charge is 0.231 e. The van der Waals surface area contributed by atoms with E-state index in [4.69, 9.17) is 4.74 Å². The van der Waals surface area contributed by atoms with Crippen LogP contribution in [0.3, 0.4) is 0 Å². The maximum absolute atomic E-state index is 12.7. The number of allylic oxidation sites excluding steroid dienone is 2. The third-order valence-electron chi connectivity index (χ3n) is 6.27. The highest BCUT2D eigenvalue weighted by atomic mass is 32.2. The van der Waals surface area contributed by atoms with Crippen molar-refractivity contribution in [2.75, 3.05) is 19.9 Å². The molecule has 0 saturated carbocycles. The van der Waals surface area contributed by atoms with Gasteiger partial charge in [-0.2, -0.15) is 0 Å². The maximum Gasteiger partial charge on any atom is 0.231 e. The molecule has 184 valence electrons. The molecule has 0 atom stereocenters. The molecule has 0 saturated heterocycles. The second-order valence-electron chi connectivity index (χ2n) is 9.98. The van der Waals surface area contributed by atoms with E-state index in [1.54, 1.807) is 7.11 Å². The van der Waals surface area contributed by atoms with Gasteiger partial charge in [0.25, 0.3) is 0 Å². The largest absolute Gasteiger partial charge is 0.496 e. The second-order valence-corrected chi connectivity index (χ2v) is 11.8. The SMILES string of the molecule is COc1c(-c2ccc3c(c2)CC=C3CNS(C)(=O)=O)cc(C2=CNC(=O)CC2=O)cc1C(C)(C)C. The molecular weight excluding hydrogens is 464 g/mol. The fourth-order valence-corrected chi connectivity index (χ4v) is 4.93. The third-order valence-corrected chi connectivity index (χ3v) is 6.94. The molecule has 2 aromatic carbocycles. The van der Waals surface area contributed by atoms with Gasteiger partial charge < -0.3 is 10.1 Å². The van der Waals surface area contributed by atoms with Crippen molar-refractivity contribution >= 4 is 32.9 Å². The Morgan fingerprint density at radius 2 is 1.80 bits per heavy atom. The summed E-state index contributed by atoms with van der Waals surface area (Å²) in [7, 11) is -1.64. The van der Waals surface area contributed by atoms with Crippen LogP contribution in [0.4, 0.5) is 0 Å². The lowest BCUT2D eigenvalue weighted by Gasteiger charge is -2.26. The Morgan fingerprint density at radius 1 is 1.06 bits per heavy atom. The zero-order valence-corrected chi connectivity index (χ0v) is 21.4. The minimum absolute atomic E-state index is 0.174. The topological polar surface area (TPSA) is 102 Å². The number of ketones is 1. The first-order valence-corrected chi connectivity index (χ1v) is 13.3. The Kier molecular flexibility index (Phi) is 6.46. The molecule has 0 radical (unpaired) electrons. The van der Waals surface area contributed by atoms with Crippen molar-refractivity contribution in [2.24, 2.45) is 0 Å². The summed E-state index contributed by atoms with van der Waals surface area (Å²) in [4.78, 5) is 24.3. The number of methoxy groups -OCH3 is 1. The van der Waals surface area contributed by atoms with Crippen molar-refractivity contribution in [3.05, 3.63) is 64.9 Å². The Morgan fingerprint density at radius 3 is 2.43 bits per heavy atom. The first-order valence-electron chi connectivity index (χ1n) is 11.4. The molecule has 4 rings (SSSR count). The van der Waals surface area contributed by atoms with E-state index in [0.717, 1.165) is 51.0 Å². The molecule has 1 aliphatic heterocycles. The summed E-state index contributed by atoms with van der Waals surface area (Å²) in [6, 6.07) is 9.98. The van der Waals surface area contributed by atoms with Crippen LogP contribution in [0.15, 0.2) is 42.6 Å². The predicted molar refractivity (Wildman–Crippen MR) is 137 cm³/mol. The monoisotopic (exact) mass is 494 g/mol. The van der Waals surface area contributed by atoms with E-state index in [1.165, 1.54) is 6.20 Å². The third kappa shape index (κ3) is 5.23. The van der Waals surface area contributed by atoms with Gasteiger partial charge in [-0.25, -0.2) is 13.1 Å². The molecule has 1 amide bonds. The van der Waals surface area contributed by atoms with Gasteiger partial charge in [0.15, 0.2) is 5.78 Å². The highest BCUT2D eigenvalue weighted by Gasteiger charge is 2.27. The highest BCUT2D eigenvalue weighted by molar-refractivity contribution is 7.88. The van der Waals surface area contributed by atoms with Crippen LogP contribution in [0, 0.1) is 0 Å². The van der Waals surface area contributed by atoms with E-state index in [0.29, 0.717) is 12.0 Å². The number of nitrogens with one attached hydrogen (secondary N) is 2. The number of rotatable bonds is 6. The van der Waals surface area contributed by atoms with E-state index in [1.807, 2.05) is 30.3 Å². The minimum Gasteiger partial charge on any atom is -0.496 e. The molecule has 0 fully saturated rings. The van der Waals surface area contributed by atoms with Crippen molar-refractivity contribution in [3.63, 3.8) is 0 Å². The molecule has 7 nitrogen and oxygen atoms in total. The quantitative estimate of drug-likeness (QED) is 0.598. The molecule has 2 N–H and O–H groups in total. The number of fused-ring (bicyclic) bond motifs is 1. The standard InChI is InChI=1S/C27H30N2O5S/c1-27(2,3)23-12-19(22-15-28-25(31)13-24(22)30)11-21(26(23)34-4)17-8-9-20-16(10-17)6-7-18(20)14-29-35(5,32)33/h7-12,15,29H,6,13-14H2,1-5H3,(H,28,31). The van der Waals surface area contributed by atoms with Gasteiger partial charge in [0.2, 0.25) is 15.9 Å². The number of Topliss-reactive ketones (excluding diaryl/α,β-unsaturated/α-hetero) is 1. The number of hydrogen-bond donors (Lipinski definition) is 2. The first-order chi connectivity index (χ1) is 16.4. The van der Waals surface area contributed by atoms with Crippen molar-refractivity contribution in [1.82, 2.24) is 10.0 Å². The lowest BCUT2D eigenvalue weighted by atomic mass is 9.81. The number of carbonyl (C=O) groups excluding carboxylic acids is 2. The summed E-state index contributed by atoms with van der Waals surface area (Å²) < 4.78 is 31.5. The van der Waals surface area contributed by atoms with Gasteiger partial charge in [0.05, 0.1) is 19.8 Å². The Bertz CT molecular complexity index is 1400. The molecule has 1 heterocycles. The molecule has 8 heteroatoms.